The number of ether oxygens (including phenoxy) is 1. The monoisotopic (exact) mass is 306 g/mol. The molecular formula is C9H7F5O4S. The van der Waals surface area contributed by atoms with Crippen LogP contribution < -0.4 is 8.92 Å². The van der Waals surface area contributed by atoms with E-state index in [0.717, 1.165) is 12.1 Å². The molecule has 4 nitrogen and oxygen atoms in total. The van der Waals surface area contributed by atoms with Crippen LogP contribution in [0.3, 0.4) is 0 Å². The second-order valence-corrected chi connectivity index (χ2v) is 3.73. The van der Waals surface area contributed by atoms with Crippen molar-refractivity contribution in [1.29, 1.82) is 0 Å². The summed E-state index contributed by atoms with van der Waals surface area (Å²) in [7, 11) is 0. The average molecular weight is 306 g/mol. The van der Waals surface area contributed by atoms with Crippen molar-refractivity contribution >= 4 is 11.4 Å². The molecule has 19 heavy (non-hydrogen) atoms. The predicted octanol–water partition coefficient (Wildman–Crippen LogP) is 2.86. The standard InChI is InChI=1S/C9H7F5O4S/c10-7(11)4-17-6-3-1-2-5(9(12,13)14)8(6)18-19(15)16/h1-3,7H,4H2,(H,15,16). The smallest absolute Gasteiger partial charge is 0.420 e. The Morgan fingerprint density at radius 1 is 1.32 bits per heavy atom. The van der Waals surface area contributed by atoms with E-state index < -0.39 is 47.6 Å². The van der Waals surface area contributed by atoms with Gasteiger partial charge in [-0.3, -0.25) is 4.55 Å². The molecule has 0 saturated carbocycles. The molecule has 0 amide bonds. The fourth-order valence-corrected chi connectivity index (χ4v) is 1.48. The van der Waals surface area contributed by atoms with Gasteiger partial charge < -0.3 is 8.92 Å². The second kappa shape index (κ2) is 6.15. The summed E-state index contributed by atoms with van der Waals surface area (Å²) >= 11 is -3.05. The molecule has 1 aromatic rings. The number of hydrogen-bond donors (Lipinski definition) is 1. The molecule has 0 saturated heterocycles. The van der Waals surface area contributed by atoms with Crippen LogP contribution in [0, 0.1) is 0 Å². The van der Waals surface area contributed by atoms with E-state index in [-0.39, 0.29) is 0 Å². The first kappa shape index (κ1) is 15.6. The zero-order chi connectivity index (χ0) is 14.6. The van der Waals surface area contributed by atoms with Gasteiger partial charge in [-0.15, -0.1) is 0 Å². The van der Waals surface area contributed by atoms with Crippen LogP contribution in [0.1, 0.15) is 5.56 Å². The van der Waals surface area contributed by atoms with Crippen LogP contribution in [0.4, 0.5) is 22.0 Å². The zero-order valence-corrected chi connectivity index (χ0v) is 9.80. The van der Waals surface area contributed by atoms with Crippen molar-refractivity contribution in [3.05, 3.63) is 23.8 Å². The summed E-state index contributed by atoms with van der Waals surface area (Å²) in [5.74, 6) is -1.81. The van der Waals surface area contributed by atoms with Crippen LogP contribution in [-0.4, -0.2) is 21.8 Å². The third-order valence-corrected chi connectivity index (χ3v) is 2.11. The first-order chi connectivity index (χ1) is 8.71. The van der Waals surface area contributed by atoms with Crippen LogP contribution in [-0.2, 0) is 17.5 Å². The highest BCUT2D eigenvalue weighted by molar-refractivity contribution is 7.74. The van der Waals surface area contributed by atoms with E-state index in [1.165, 1.54) is 0 Å². The minimum absolute atomic E-state index is 0.567. The summed E-state index contributed by atoms with van der Waals surface area (Å²) in [4.78, 5) is 0. The number of hydrogen-bond acceptors (Lipinski definition) is 3. The van der Waals surface area contributed by atoms with Crippen LogP contribution in [0.25, 0.3) is 0 Å². The van der Waals surface area contributed by atoms with Crippen molar-refractivity contribution in [3.8, 4) is 11.5 Å². The first-order valence-electron chi connectivity index (χ1n) is 4.62. The molecule has 0 spiro atoms. The number of alkyl halides is 5. The fraction of sp³-hybridized carbons (Fsp3) is 0.333. The van der Waals surface area contributed by atoms with Gasteiger partial charge in [0.2, 0.25) is 0 Å². The maximum Gasteiger partial charge on any atom is 0.420 e. The lowest BCUT2D eigenvalue weighted by Gasteiger charge is -2.15. The maximum atomic E-state index is 12.6. The Bertz CT molecular complexity index is 462. The summed E-state index contributed by atoms with van der Waals surface area (Å²) in [5, 5.41) is 0. The van der Waals surface area contributed by atoms with Gasteiger partial charge >= 0.3 is 17.5 Å². The lowest BCUT2D eigenvalue weighted by atomic mass is 10.2. The van der Waals surface area contributed by atoms with Crippen molar-refractivity contribution in [2.75, 3.05) is 6.61 Å². The topological polar surface area (TPSA) is 55.8 Å². The normalized spacial score (nSPS) is 13.4. The molecule has 1 rings (SSSR count). The number of halogens is 5. The highest BCUT2D eigenvalue weighted by Gasteiger charge is 2.36. The molecule has 0 aromatic heterocycles. The Balaban J connectivity index is 3.18. The molecular weight excluding hydrogens is 299 g/mol. The van der Waals surface area contributed by atoms with Gasteiger partial charge in [0.05, 0.1) is 0 Å². The molecule has 0 fully saturated rings. The summed E-state index contributed by atoms with van der Waals surface area (Å²) in [6.07, 6.45) is -7.80. The van der Waals surface area contributed by atoms with Crippen molar-refractivity contribution in [2.45, 2.75) is 12.6 Å². The van der Waals surface area contributed by atoms with Gasteiger partial charge in [-0.1, -0.05) is 6.07 Å². The SMILES string of the molecule is O=S(O)Oc1c(OCC(F)F)cccc1C(F)(F)F. The summed E-state index contributed by atoms with van der Waals surface area (Å²) in [6, 6.07) is 2.38. The third kappa shape index (κ3) is 4.63. The summed E-state index contributed by atoms with van der Waals surface area (Å²) in [5.41, 5.74) is -1.40. The molecule has 0 aliphatic rings. The Hall–Kier alpha value is -1.42. The van der Waals surface area contributed by atoms with Crippen molar-refractivity contribution in [2.24, 2.45) is 0 Å². The first-order valence-corrected chi connectivity index (χ1v) is 5.65. The maximum absolute atomic E-state index is 12.6. The largest absolute Gasteiger partial charge is 0.484 e. The second-order valence-electron chi connectivity index (χ2n) is 3.13. The molecule has 1 N–H and O–H groups in total. The van der Waals surface area contributed by atoms with Crippen molar-refractivity contribution in [1.82, 2.24) is 0 Å². The highest BCUT2D eigenvalue weighted by Crippen LogP contribution is 2.41. The van der Waals surface area contributed by atoms with Gasteiger partial charge in [0.25, 0.3) is 6.43 Å². The predicted molar refractivity (Wildman–Crippen MR) is 54.3 cm³/mol. The van der Waals surface area contributed by atoms with Crippen molar-refractivity contribution < 1.29 is 39.6 Å². The fourth-order valence-electron chi connectivity index (χ4n) is 1.16. The van der Waals surface area contributed by atoms with E-state index in [4.69, 9.17) is 4.55 Å². The highest BCUT2D eigenvalue weighted by atomic mass is 32.2. The molecule has 0 aliphatic heterocycles. The Labute approximate surface area is 106 Å². The van der Waals surface area contributed by atoms with Crippen LogP contribution in [0.15, 0.2) is 18.2 Å². The van der Waals surface area contributed by atoms with Gasteiger partial charge in [0.15, 0.2) is 11.5 Å². The molecule has 0 heterocycles. The van der Waals surface area contributed by atoms with E-state index in [1.54, 1.807) is 0 Å². The Kier molecular flexibility index (Phi) is 5.06. The van der Waals surface area contributed by atoms with Crippen LogP contribution in [0.2, 0.25) is 0 Å². The van der Waals surface area contributed by atoms with Crippen LogP contribution >= 0.6 is 0 Å². The zero-order valence-electron chi connectivity index (χ0n) is 8.99. The number of rotatable bonds is 5. The molecule has 108 valence electrons. The van der Waals surface area contributed by atoms with Gasteiger partial charge in [-0.05, 0) is 12.1 Å². The Morgan fingerprint density at radius 2 is 1.95 bits per heavy atom. The molecule has 0 bridgehead atoms. The molecule has 1 atom stereocenters. The minimum atomic E-state index is -4.89. The van der Waals surface area contributed by atoms with Gasteiger partial charge in [-0.25, -0.2) is 8.78 Å². The van der Waals surface area contributed by atoms with Gasteiger partial charge in [0.1, 0.15) is 12.2 Å². The lowest BCUT2D eigenvalue weighted by molar-refractivity contribution is -0.138. The molecule has 1 unspecified atom stereocenters. The third-order valence-electron chi connectivity index (χ3n) is 1.80. The van der Waals surface area contributed by atoms with E-state index in [0.29, 0.717) is 6.07 Å². The van der Waals surface area contributed by atoms with Crippen molar-refractivity contribution in [3.63, 3.8) is 0 Å². The molecule has 0 radical (unpaired) electrons. The molecule has 10 heteroatoms. The molecule has 0 aliphatic carbocycles. The number of para-hydroxylation sites is 1. The molecule has 1 aromatic carbocycles. The van der Waals surface area contributed by atoms with E-state index >= 15 is 0 Å². The van der Waals surface area contributed by atoms with E-state index in [1.807, 2.05) is 0 Å². The Morgan fingerprint density at radius 3 is 2.42 bits per heavy atom. The summed E-state index contributed by atoms with van der Waals surface area (Å²) < 4.78 is 89.2. The van der Waals surface area contributed by atoms with E-state index in [9.17, 15) is 26.2 Å². The average Bonchev–Trinajstić information content (AvgIpc) is 2.25. The summed E-state index contributed by atoms with van der Waals surface area (Å²) in [6.45, 7) is -1.17. The van der Waals surface area contributed by atoms with Gasteiger partial charge in [0, 0.05) is 0 Å². The van der Waals surface area contributed by atoms with Crippen LogP contribution in [0.5, 0.6) is 11.5 Å². The van der Waals surface area contributed by atoms with E-state index in [2.05, 4.69) is 8.92 Å². The number of benzene rings is 1. The lowest BCUT2D eigenvalue weighted by Crippen LogP contribution is -2.13. The minimum Gasteiger partial charge on any atom is -0.484 e. The quantitative estimate of drug-likeness (QED) is 0.671. The van der Waals surface area contributed by atoms with Gasteiger partial charge in [-0.2, -0.15) is 17.4 Å².